The van der Waals surface area contributed by atoms with E-state index in [1.54, 1.807) is 0 Å². The minimum Gasteiger partial charge on any atom is -0.481 e. The molecule has 3 nitrogen and oxygen atoms in total. The third-order valence-corrected chi connectivity index (χ3v) is 2.01. The van der Waals surface area contributed by atoms with Crippen molar-refractivity contribution < 1.29 is 15.0 Å². The summed E-state index contributed by atoms with van der Waals surface area (Å²) < 4.78 is 0. The zero-order chi connectivity index (χ0) is 10.3. The van der Waals surface area contributed by atoms with E-state index in [9.17, 15) is 9.90 Å². The predicted octanol–water partition coefficient (Wildman–Crippen LogP) is 2.04. The van der Waals surface area contributed by atoms with Crippen LogP contribution in [0.4, 0.5) is 0 Å². The average molecular weight is 188 g/mol. The van der Waals surface area contributed by atoms with Crippen LogP contribution in [0, 0.1) is 5.92 Å². The van der Waals surface area contributed by atoms with Crippen molar-refractivity contribution >= 4 is 5.97 Å². The van der Waals surface area contributed by atoms with Gasteiger partial charge in [0, 0.05) is 6.42 Å². The van der Waals surface area contributed by atoms with E-state index in [0.29, 0.717) is 12.3 Å². The van der Waals surface area contributed by atoms with Crippen LogP contribution in [-0.4, -0.2) is 22.3 Å². The number of carbonyl (C=O) groups is 1. The third-order valence-electron chi connectivity index (χ3n) is 2.01. The second-order valence-electron chi connectivity index (χ2n) is 3.91. The van der Waals surface area contributed by atoms with Crippen molar-refractivity contribution in [1.82, 2.24) is 0 Å². The Morgan fingerprint density at radius 1 is 1.23 bits per heavy atom. The van der Waals surface area contributed by atoms with Gasteiger partial charge >= 0.3 is 5.97 Å². The van der Waals surface area contributed by atoms with Crippen LogP contribution in [0.2, 0.25) is 0 Å². The molecule has 78 valence electrons. The van der Waals surface area contributed by atoms with Crippen molar-refractivity contribution in [3.63, 3.8) is 0 Å². The van der Waals surface area contributed by atoms with Gasteiger partial charge in [0.05, 0.1) is 6.10 Å². The summed E-state index contributed by atoms with van der Waals surface area (Å²) in [6, 6.07) is 0. The highest BCUT2D eigenvalue weighted by Crippen LogP contribution is 2.11. The van der Waals surface area contributed by atoms with Crippen LogP contribution in [0.1, 0.15) is 46.0 Å². The molecule has 1 atom stereocenters. The minimum atomic E-state index is -0.831. The second kappa shape index (κ2) is 6.89. The summed E-state index contributed by atoms with van der Waals surface area (Å²) >= 11 is 0. The van der Waals surface area contributed by atoms with E-state index in [4.69, 9.17) is 5.11 Å². The molecule has 1 unspecified atom stereocenters. The van der Waals surface area contributed by atoms with E-state index in [-0.39, 0.29) is 6.42 Å². The van der Waals surface area contributed by atoms with Crippen molar-refractivity contribution in [3.05, 3.63) is 0 Å². The van der Waals surface area contributed by atoms with Gasteiger partial charge in [-0.25, -0.2) is 0 Å². The number of hydrogen-bond donors (Lipinski definition) is 2. The Morgan fingerprint density at radius 2 is 1.85 bits per heavy atom. The number of carboxylic acids is 1. The molecule has 0 radical (unpaired) electrons. The van der Waals surface area contributed by atoms with Crippen LogP contribution in [0.25, 0.3) is 0 Å². The van der Waals surface area contributed by atoms with E-state index < -0.39 is 12.1 Å². The monoisotopic (exact) mass is 188 g/mol. The normalized spacial score (nSPS) is 13.2. The van der Waals surface area contributed by atoms with Gasteiger partial charge in [0.25, 0.3) is 0 Å². The summed E-state index contributed by atoms with van der Waals surface area (Å²) in [7, 11) is 0. The number of aliphatic hydroxyl groups is 1. The maximum atomic E-state index is 10.2. The predicted molar refractivity (Wildman–Crippen MR) is 51.6 cm³/mol. The maximum Gasteiger partial charge on any atom is 0.303 e. The Kier molecular flexibility index (Phi) is 6.59. The van der Waals surface area contributed by atoms with Gasteiger partial charge in [-0.1, -0.05) is 26.7 Å². The molecule has 0 fully saturated rings. The van der Waals surface area contributed by atoms with Crippen LogP contribution >= 0.6 is 0 Å². The molecule has 0 aromatic heterocycles. The van der Waals surface area contributed by atoms with Crippen molar-refractivity contribution in [1.29, 1.82) is 0 Å². The summed E-state index contributed by atoms with van der Waals surface area (Å²) in [6.45, 7) is 4.28. The van der Waals surface area contributed by atoms with E-state index in [1.807, 2.05) is 0 Å². The molecule has 0 rings (SSSR count). The lowest BCUT2D eigenvalue weighted by Gasteiger charge is -2.09. The van der Waals surface area contributed by atoms with Gasteiger partial charge in [-0.05, 0) is 18.8 Å². The number of hydrogen-bond acceptors (Lipinski definition) is 2. The van der Waals surface area contributed by atoms with Gasteiger partial charge in [0.2, 0.25) is 0 Å². The summed E-state index contributed by atoms with van der Waals surface area (Å²) in [4.78, 5) is 10.2. The fourth-order valence-electron chi connectivity index (χ4n) is 1.20. The number of rotatable bonds is 7. The van der Waals surface area contributed by atoms with Crippen LogP contribution in [0.15, 0.2) is 0 Å². The minimum absolute atomic E-state index is 0.0723. The lowest BCUT2D eigenvalue weighted by atomic mass is 10.0. The molecular formula is C10H20O3. The van der Waals surface area contributed by atoms with Crippen LogP contribution in [0.5, 0.6) is 0 Å². The lowest BCUT2D eigenvalue weighted by Crippen LogP contribution is -2.09. The second-order valence-corrected chi connectivity index (χ2v) is 3.91. The Labute approximate surface area is 79.8 Å². The van der Waals surface area contributed by atoms with Gasteiger partial charge < -0.3 is 10.2 Å². The third kappa shape index (κ3) is 9.34. The maximum absolute atomic E-state index is 10.2. The standard InChI is InChI=1S/C10H20O3/c1-8(2)4-3-5-9(11)6-7-10(12)13/h8-9,11H,3-7H2,1-2H3,(H,12,13). The van der Waals surface area contributed by atoms with Crippen molar-refractivity contribution in [3.8, 4) is 0 Å². The molecular weight excluding hydrogens is 168 g/mol. The highest BCUT2D eigenvalue weighted by Gasteiger charge is 2.07. The van der Waals surface area contributed by atoms with Gasteiger partial charge in [-0.15, -0.1) is 0 Å². The van der Waals surface area contributed by atoms with Crippen LogP contribution in [0.3, 0.4) is 0 Å². The highest BCUT2D eigenvalue weighted by molar-refractivity contribution is 5.66. The summed E-state index contributed by atoms with van der Waals surface area (Å²) in [5.74, 6) is -0.172. The molecule has 13 heavy (non-hydrogen) atoms. The van der Waals surface area contributed by atoms with Crippen molar-refractivity contribution in [2.75, 3.05) is 0 Å². The molecule has 0 saturated heterocycles. The van der Waals surface area contributed by atoms with E-state index >= 15 is 0 Å². The summed E-state index contributed by atoms with van der Waals surface area (Å²) in [6.07, 6.45) is 2.83. The topological polar surface area (TPSA) is 57.5 Å². The largest absolute Gasteiger partial charge is 0.481 e. The van der Waals surface area contributed by atoms with Gasteiger partial charge in [0.1, 0.15) is 0 Å². The fourth-order valence-corrected chi connectivity index (χ4v) is 1.20. The Hall–Kier alpha value is -0.570. The van der Waals surface area contributed by atoms with Crippen LogP contribution < -0.4 is 0 Å². The summed E-state index contributed by atoms with van der Waals surface area (Å²) in [5.41, 5.74) is 0. The SMILES string of the molecule is CC(C)CCCC(O)CCC(=O)O. The fraction of sp³-hybridized carbons (Fsp3) is 0.900. The lowest BCUT2D eigenvalue weighted by molar-refractivity contribution is -0.137. The zero-order valence-corrected chi connectivity index (χ0v) is 8.49. The average Bonchev–Trinajstić information content (AvgIpc) is 2.00. The molecule has 3 heteroatoms. The molecule has 0 saturated carbocycles. The van der Waals surface area contributed by atoms with Gasteiger partial charge in [-0.2, -0.15) is 0 Å². The molecule has 0 spiro atoms. The molecule has 0 aliphatic heterocycles. The highest BCUT2D eigenvalue weighted by atomic mass is 16.4. The van der Waals surface area contributed by atoms with Gasteiger partial charge in [0.15, 0.2) is 0 Å². The molecule has 0 heterocycles. The molecule has 0 bridgehead atoms. The van der Waals surface area contributed by atoms with E-state index in [0.717, 1.165) is 19.3 Å². The molecule has 2 N–H and O–H groups in total. The quantitative estimate of drug-likeness (QED) is 0.642. The summed E-state index contributed by atoms with van der Waals surface area (Å²) in [5, 5.41) is 17.7. The van der Waals surface area contributed by atoms with Gasteiger partial charge in [-0.3, -0.25) is 4.79 Å². The molecule has 0 aromatic rings. The number of aliphatic carboxylic acids is 1. The van der Waals surface area contributed by atoms with Crippen LogP contribution in [-0.2, 0) is 4.79 Å². The molecule has 0 aliphatic carbocycles. The van der Waals surface area contributed by atoms with E-state index in [1.165, 1.54) is 0 Å². The first-order chi connectivity index (χ1) is 6.02. The first-order valence-electron chi connectivity index (χ1n) is 4.92. The number of aliphatic hydroxyl groups excluding tert-OH is 1. The smallest absolute Gasteiger partial charge is 0.303 e. The molecule has 0 aliphatic rings. The van der Waals surface area contributed by atoms with Crippen molar-refractivity contribution in [2.24, 2.45) is 5.92 Å². The molecule has 0 amide bonds. The van der Waals surface area contributed by atoms with Crippen molar-refractivity contribution in [2.45, 2.75) is 52.1 Å². The van der Waals surface area contributed by atoms with E-state index in [2.05, 4.69) is 13.8 Å². The first kappa shape index (κ1) is 12.4. The first-order valence-corrected chi connectivity index (χ1v) is 4.92. The Morgan fingerprint density at radius 3 is 2.31 bits per heavy atom. The number of carboxylic acid groups (broad SMARTS) is 1. The zero-order valence-electron chi connectivity index (χ0n) is 8.49. The molecule has 0 aromatic carbocycles. The Balaban J connectivity index is 3.30. The Bertz CT molecular complexity index is 143.